The second kappa shape index (κ2) is 9.25. The average Bonchev–Trinajstić information content (AvgIpc) is 2.50. The summed E-state index contributed by atoms with van der Waals surface area (Å²) in [6.45, 7) is 3.71. The number of anilines is 1. The zero-order valence-corrected chi connectivity index (χ0v) is 14.5. The van der Waals surface area contributed by atoms with Gasteiger partial charge in [0.25, 0.3) is 0 Å². The monoisotopic (exact) mass is 352 g/mol. The molecule has 0 spiro atoms. The topological polar surface area (TPSA) is 64.3 Å². The van der Waals surface area contributed by atoms with Crippen LogP contribution in [0.25, 0.3) is 0 Å². The average molecular weight is 353 g/mol. The van der Waals surface area contributed by atoms with Gasteiger partial charge in [-0.2, -0.15) is 0 Å². The Kier molecular flexibility index (Phi) is 7.68. The Bertz CT molecular complexity index is 665. The molecule has 0 saturated heterocycles. The van der Waals surface area contributed by atoms with E-state index in [0.29, 0.717) is 12.2 Å². The van der Waals surface area contributed by atoms with Gasteiger partial charge in [0.1, 0.15) is 11.6 Å². The summed E-state index contributed by atoms with van der Waals surface area (Å²) in [5.41, 5.74) is 6.93. The van der Waals surface area contributed by atoms with Crippen LogP contribution in [0.4, 0.5) is 10.1 Å². The quantitative estimate of drug-likeness (QED) is 0.835. The first-order valence-corrected chi connectivity index (χ1v) is 7.52. The molecule has 2 rings (SSSR count). The van der Waals surface area contributed by atoms with Crippen molar-refractivity contribution in [3.05, 3.63) is 59.9 Å². The molecule has 3 N–H and O–H groups in total. The maximum absolute atomic E-state index is 14.0. The van der Waals surface area contributed by atoms with E-state index in [1.165, 1.54) is 12.1 Å². The Balaban J connectivity index is 0.00000288. The van der Waals surface area contributed by atoms with E-state index >= 15 is 0 Å². The van der Waals surface area contributed by atoms with Crippen molar-refractivity contribution in [2.45, 2.75) is 32.4 Å². The second-order valence-electron chi connectivity index (χ2n) is 5.59. The lowest BCUT2D eigenvalue weighted by Gasteiger charge is -2.14. The summed E-state index contributed by atoms with van der Waals surface area (Å²) in [6.07, 6.45) is 0.345. The molecular formula is C18H22ClFN2O2. The van der Waals surface area contributed by atoms with Crippen molar-refractivity contribution in [2.24, 2.45) is 5.73 Å². The molecule has 0 saturated carbocycles. The predicted octanol–water partition coefficient (Wildman–Crippen LogP) is 3.54. The molecule has 0 fully saturated rings. The summed E-state index contributed by atoms with van der Waals surface area (Å²) >= 11 is 0. The third-order valence-electron chi connectivity index (χ3n) is 3.21. The number of rotatable bonds is 6. The van der Waals surface area contributed by atoms with Crippen molar-refractivity contribution in [2.75, 3.05) is 5.32 Å². The lowest BCUT2D eigenvalue weighted by Crippen LogP contribution is -2.37. The van der Waals surface area contributed by atoms with Gasteiger partial charge in [-0.3, -0.25) is 4.79 Å². The van der Waals surface area contributed by atoms with Crippen LogP contribution in [0, 0.1) is 5.82 Å². The number of amides is 1. The molecule has 0 heterocycles. The largest absolute Gasteiger partial charge is 0.491 e. The third-order valence-corrected chi connectivity index (χ3v) is 3.21. The molecular weight excluding hydrogens is 331 g/mol. The molecule has 2 aromatic rings. The van der Waals surface area contributed by atoms with Gasteiger partial charge < -0.3 is 15.8 Å². The van der Waals surface area contributed by atoms with E-state index in [0.717, 1.165) is 5.56 Å². The number of carbonyl (C=O) groups excluding carboxylic acids is 1. The number of nitrogens with one attached hydrogen (secondary N) is 1. The predicted molar refractivity (Wildman–Crippen MR) is 96.2 cm³/mol. The Morgan fingerprint density at radius 3 is 2.46 bits per heavy atom. The van der Waals surface area contributed by atoms with Crippen LogP contribution in [-0.2, 0) is 11.2 Å². The number of hydrogen-bond donors (Lipinski definition) is 2. The highest BCUT2D eigenvalue weighted by molar-refractivity contribution is 5.95. The Morgan fingerprint density at radius 2 is 1.88 bits per heavy atom. The fourth-order valence-electron chi connectivity index (χ4n) is 2.13. The Hall–Kier alpha value is -2.11. The number of nitrogens with two attached hydrogens (primary N) is 1. The summed E-state index contributed by atoms with van der Waals surface area (Å²) in [4.78, 5) is 12.1. The van der Waals surface area contributed by atoms with E-state index in [-0.39, 0.29) is 24.2 Å². The molecule has 0 aliphatic rings. The zero-order chi connectivity index (χ0) is 16.8. The van der Waals surface area contributed by atoms with Gasteiger partial charge >= 0.3 is 0 Å². The van der Waals surface area contributed by atoms with Crippen LogP contribution < -0.4 is 15.8 Å². The lowest BCUT2D eigenvalue weighted by molar-refractivity contribution is -0.117. The Labute approximate surface area is 147 Å². The first kappa shape index (κ1) is 19.9. The van der Waals surface area contributed by atoms with Gasteiger partial charge in [0.15, 0.2) is 0 Å². The third kappa shape index (κ3) is 5.83. The van der Waals surface area contributed by atoms with Crippen molar-refractivity contribution < 1.29 is 13.9 Å². The number of halogens is 2. The minimum atomic E-state index is -0.747. The second-order valence-corrected chi connectivity index (χ2v) is 5.59. The van der Waals surface area contributed by atoms with Crippen molar-refractivity contribution in [3.63, 3.8) is 0 Å². The standard InChI is InChI=1S/C18H21FN2O2.ClH/c1-12(2)23-14-8-9-17(15(19)11-14)21-18(22)16(20)10-13-6-4-3-5-7-13;/h3-9,11-12,16H,10,20H2,1-2H3,(H,21,22);1H/t16-;/m0./s1. The number of ether oxygens (including phenoxy) is 1. The van der Waals surface area contributed by atoms with E-state index in [2.05, 4.69) is 5.32 Å². The minimum absolute atomic E-state index is 0. The van der Waals surface area contributed by atoms with Crippen LogP contribution in [0.15, 0.2) is 48.5 Å². The first-order valence-electron chi connectivity index (χ1n) is 7.52. The van der Waals surface area contributed by atoms with Crippen molar-refractivity contribution in [1.29, 1.82) is 0 Å². The SMILES string of the molecule is CC(C)Oc1ccc(NC(=O)[C@@H](N)Cc2ccccc2)c(F)c1.Cl. The summed E-state index contributed by atoms with van der Waals surface area (Å²) in [6, 6.07) is 13.0. The highest BCUT2D eigenvalue weighted by atomic mass is 35.5. The summed E-state index contributed by atoms with van der Waals surface area (Å²) in [5.74, 6) is -0.558. The molecule has 0 aliphatic heterocycles. The molecule has 0 aliphatic carbocycles. The molecule has 130 valence electrons. The first-order chi connectivity index (χ1) is 11.0. The number of carbonyl (C=O) groups is 1. The highest BCUT2D eigenvalue weighted by Crippen LogP contribution is 2.21. The van der Waals surface area contributed by atoms with E-state index < -0.39 is 17.8 Å². The van der Waals surface area contributed by atoms with E-state index in [9.17, 15) is 9.18 Å². The van der Waals surface area contributed by atoms with Gasteiger partial charge in [-0.1, -0.05) is 30.3 Å². The van der Waals surface area contributed by atoms with Crippen LogP contribution in [0.2, 0.25) is 0 Å². The fraction of sp³-hybridized carbons (Fsp3) is 0.278. The smallest absolute Gasteiger partial charge is 0.241 e. The Morgan fingerprint density at radius 1 is 1.21 bits per heavy atom. The molecule has 0 bridgehead atoms. The molecule has 0 radical (unpaired) electrons. The van der Waals surface area contributed by atoms with E-state index in [1.807, 2.05) is 44.2 Å². The van der Waals surface area contributed by atoms with E-state index in [1.54, 1.807) is 6.07 Å². The van der Waals surface area contributed by atoms with Gasteiger partial charge in [-0.25, -0.2) is 4.39 Å². The maximum Gasteiger partial charge on any atom is 0.241 e. The highest BCUT2D eigenvalue weighted by Gasteiger charge is 2.16. The number of benzene rings is 2. The minimum Gasteiger partial charge on any atom is -0.491 e. The van der Waals surface area contributed by atoms with E-state index in [4.69, 9.17) is 10.5 Å². The van der Waals surface area contributed by atoms with Crippen molar-refractivity contribution in [3.8, 4) is 5.75 Å². The van der Waals surface area contributed by atoms with Crippen molar-refractivity contribution >= 4 is 24.0 Å². The van der Waals surface area contributed by atoms with Gasteiger partial charge in [-0.05, 0) is 38.0 Å². The molecule has 0 aromatic heterocycles. The maximum atomic E-state index is 14.0. The lowest BCUT2D eigenvalue weighted by atomic mass is 10.1. The van der Waals surface area contributed by atoms with Crippen LogP contribution in [0.1, 0.15) is 19.4 Å². The van der Waals surface area contributed by atoms with Gasteiger partial charge in [0, 0.05) is 6.07 Å². The normalized spacial score (nSPS) is 11.5. The number of hydrogen-bond acceptors (Lipinski definition) is 3. The van der Waals surface area contributed by atoms with Crippen LogP contribution in [0.3, 0.4) is 0 Å². The molecule has 1 amide bonds. The van der Waals surface area contributed by atoms with Crippen LogP contribution in [-0.4, -0.2) is 18.1 Å². The molecule has 1 atom stereocenters. The summed E-state index contributed by atoms with van der Waals surface area (Å²) < 4.78 is 19.4. The summed E-state index contributed by atoms with van der Waals surface area (Å²) in [7, 11) is 0. The molecule has 6 heteroatoms. The molecule has 24 heavy (non-hydrogen) atoms. The molecule has 2 aromatic carbocycles. The van der Waals surface area contributed by atoms with Crippen LogP contribution in [0.5, 0.6) is 5.75 Å². The molecule has 4 nitrogen and oxygen atoms in total. The van der Waals surface area contributed by atoms with Crippen LogP contribution >= 0.6 is 12.4 Å². The molecule has 0 unspecified atom stereocenters. The van der Waals surface area contributed by atoms with Gasteiger partial charge in [0.05, 0.1) is 17.8 Å². The van der Waals surface area contributed by atoms with Crippen molar-refractivity contribution in [1.82, 2.24) is 0 Å². The van der Waals surface area contributed by atoms with Gasteiger partial charge in [0.2, 0.25) is 5.91 Å². The summed E-state index contributed by atoms with van der Waals surface area (Å²) in [5, 5.41) is 2.52. The zero-order valence-electron chi connectivity index (χ0n) is 13.7. The van der Waals surface area contributed by atoms with Gasteiger partial charge in [-0.15, -0.1) is 12.4 Å². The fourth-order valence-corrected chi connectivity index (χ4v) is 2.13.